The van der Waals surface area contributed by atoms with Crippen LogP contribution in [0.25, 0.3) is 11.2 Å². The summed E-state index contributed by atoms with van der Waals surface area (Å²) in [6.07, 6.45) is 1.98. The summed E-state index contributed by atoms with van der Waals surface area (Å²) in [7, 11) is 0. The van der Waals surface area contributed by atoms with Crippen molar-refractivity contribution in [3.05, 3.63) is 92.4 Å². The van der Waals surface area contributed by atoms with Gasteiger partial charge in [0.15, 0.2) is 11.2 Å². The van der Waals surface area contributed by atoms with E-state index >= 15 is 0 Å². The van der Waals surface area contributed by atoms with E-state index in [2.05, 4.69) is 5.32 Å². The number of imidazole rings is 1. The molecular weight excluding hydrogens is 551 g/mol. The maximum absolute atomic E-state index is 13.7. The first kappa shape index (κ1) is 33.1. The summed E-state index contributed by atoms with van der Waals surface area (Å²) in [5, 5.41) is 13.2. The Bertz CT molecular complexity index is 1480. The second-order valence-electron chi connectivity index (χ2n) is 9.62. The third kappa shape index (κ3) is 7.54. The van der Waals surface area contributed by atoms with Crippen LogP contribution in [0.3, 0.4) is 0 Å². The average Bonchev–Trinajstić information content (AvgIpc) is 3.28. The van der Waals surface area contributed by atoms with E-state index in [0.29, 0.717) is 75.3 Å². The molecule has 0 aliphatic rings. The van der Waals surface area contributed by atoms with Crippen LogP contribution in [-0.2, 0) is 32.5 Å². The van der Waals surface area contributed by atoms with Crippen LogP contribution in [0.1, 0.15) is 43.6 Å². The van der Waals surface area contributed by atoms with E-state index in [1.807, 2.05) is 73.0 Å². The highest BCUT2D eigenvalue weighted by Gasteiger charge is 2.22. The molecule has 0 fully saturated rings. The van der Waals surface area contributed by atoms with Gasteiger partial charge in [-0.1, -0.05) is 62.4 Å². The quantitative estimate of drug-likeness (QED) is 0.162. The smallest absolute Gasteiger partial charge is 0.332 e. The fourth-order valence-electron chi connectivity index (χ4n) is 4.71. The third-order valence-corrected chi connectivity index (χ3v) is 6.87. The lowest BCUT2D eigenvalue weighted by Gasteiger charge is -2.14. The van der Waals surface area contributed by atoms with Crippen LogP contribution < -0.4 is 22.3 Å². The standard InChI is InChI=1S/C29H38N6O3.2ClH/c1-3-16-35-28(37)26-27(34(29(35)38)17-14-22-12-8-9-13-24(22)30)32-25(19-21-10-6-5-7-11-21)33(26)18-15-31-20-23(36)4-2;;/h5-13,23,31,36H,3-4,14-20,30H2,1-2H3;2*1H. The Kier molecular flexibility index (Phi) is 12.9. The van der Waals surface area contributed by atoms with E-state index in [-0.39, 0.29) is 36.1 Å². The van der Waals surface area contributed by atoms with Gasteiger partial charge in [0.2, 0.25) is 0 Å². The van der Waals surface area contributed by atoms with Crippen molar-refractivity contribution in [3.63, 3.8) is 0 Å². The Balaban J connectivity index is 0.00000280. The van der Waals surface area contributed by atoms with Crippen molar-refractivity contribution in [1.82, 2.24) is 24.0 Å². The summed E-state index contributed by atoms with van der Waals surface area (Å²) in [5.41, 5.74) is 9.03. The molecule has 0 aliphatic carbocycles. The zero-order valence-corrected chi connectivity index (χ0v) is 24.7. The number of aromatic nitrogens is 4. The van der Waals surface area contributed by atoms with Gasteiger partial charge >= 0.3 is 5.69 Å². The number of aryl methyl sites for hydroxylation is 2. The summed E-state index contributed by atoms with van der Waals surface area (Å²) in [5.74, 6) is 0.725. The summed E-state index contributed by atoms with van der Waals surface area (Å²) >= 11 is 0. The number of rotatable bonds is 13. The van der Waals surface area contributed by atoms with Crippen LogP contribution in [0.15, 0.2) is 64.2 Å². The minimum atomic E-state index is -0.421. The summed E-state index contributed by atoms with van der Waals surface area (Å²) in [4.78, 5) is 32.2. The van der Waals surface area contributed by atoms with E-state index in [1.54, 1.807) is 4.57 Å². The zero-order chi connectivity index (χ0) is 27.1. The molecule has 4 rings (SSSR count). The van der Waals surface area contributed by atoms with Crippen LogP contribution >= 0.6 is 24.8 Å². The largest absolute Gasteiger partial charge is 0.399 e. The van der Waals surface area contributed by atoms with Gasteiger partial charge in [-0.05, 0) is 36.5 Å². The van der Waals surface area contributed by atoms with Gasteiger partial charge in [-0.2, -0.15) is 0 Å². The van der Waals surface area contributed by atoms with Gasteiger partial charge in [-0.15, -0.1) is 24.8 Å². The van der Waals surface area contributed by atoms with E-state index in [0.717, 1.165) is 17.0 Å². The van der Waals surface area contributed by atoms with E-state index < -0.39 is 6.10 Å². The van der Waals surface area contributed by atoms with Crippen molar-refractivity contribution in [3.8, 4) is 0 Å². The van der Waals surface area contributed by atoms with Gasteiger partial charge in [0.1, 0.15) is 5.82 Å². The normalized spacial score (nSPS) is 11.7. The van der Waals surface area contributed by atoms with Gasteiger partial charge in [0.25, 0.3) is 5.56 Å². The number of anilines is 1. The van der Waals surface area contributed by atoms with Crippen LogP contribution in [0.5, 0.6) is 0 Å². The van der Waals surface area contributed by atoms with E-state index in [9.17, 15) is 14.7 Å². The number of nitrogens with two attached hydrogens (primary N) is 1. The molecule has 0 aliphatic heterocycles. The van der Waals surface area contributed by atoms with Crippen LogP contribution in [0, 0.1) is 0 Å². The molecule has 218 valence electrons. The maximum atomic E-state index is 13.7. The lowest BCUT2D eigenvalue weighted by atomic mass is 10.1. The Morgan fingerprint density at radius 1 is 0.925 bits per heavy atom. The monoisotopic (exact) mass is 590 g/mol. The highest BCUT2D eigenvalue weighted by molar-refractivity contribution is 5.85. The molecule has 9 nitrogen and oxygen atoms in total. The minimum absolute atomic E-state index is 0. The van der Waals surface area contributed by atoms with Crippen molar-refractivity contribution in [1.29, 1.82) is 0 Å². The second-order valence-corrected chi connectivity index (χ2v) is 9.62. The SMILES string of the molecule is CCCn1c(=O)c2c(nc(Cc3ccccc3)n2CCNCC(O)CC)n(CCc2ccccc2N)c1=O.Cl.Cl. The molecule has 2 aromatic carbocycles. The molecule has 0 saturated carbocycles. The zero-order valence-electron chi connectivity index (χ0n) is 23.1. The molecule has 4 aromatic rings. The fourth-order valence-corrected chi connectivity index (χ4v) is 4.71. The number of para-hydroxylation sites is 1. The Hall–Kier alpha value is -3.11. The van der Waals surface area contributed by atoms with Crippen LogP contribution in [-0.4, -0.2) is 43.0 Å². The highest BCUT2D eigenvalue weighted by Crippen LogP contribution is 2.17. The van der Waals surface area contributed by atoms with Crippen molar-refractivity contribution >= 4 is 41.7 Å². The van der Waals surface area contributed by atoms with Crippen molar-refractivity contribution in [2.75, 3.05) is 18.8 Å². The van der Waals surface area contributed by atoms with Gasteiger partial charge < -0.3 is 20.7 Å². The number of nitrogens with zero attached hydrogens (tertiary/aromatic N) is 4. The molecular formula is C29H40Cl2N6O3. The fraction of sp³-hybridized carbons (Fsp3) is 0.414. The van der Waals surface area contributed by atoms with Gasteiger partial charge in [0.05, 0.1) is 6.10 Å². The number of fused-ring (bicyclic) bond motifs is 1. The number of aliphatic hydroxyl groups excluding tert-OH is 1. The molecule has 4 N–H and O–H groups in total. The molecule has 40 heavy (non-hydrogen) atoms. The Morgan fingerprint density at radius 3 is 2.30 bits per heavy atom. The predicted molar refractivity (Wildman–Crippen MR) is 166 cm³/mol. The third-order valence-electron chi connectivity index (χ3n) is 6.87. The van der Waals surface area contributed by atoms with Gasteiger partial charge in [-0.25, -0.2) is 9.78 Å². The minimum Gasteiger partial charge on any atom is -0.399 e. The number of benzene rings is 2. The first-order valence-corrected chi connectivity index (χ1v) is 13.4. The molecule has 11 heteroatoms. The lowest BCUT2D eigenvalue weighted by Crippen LogP contribution is -2.41. The number of halogens is 2. The summed E-state index contributed by atoms with van der Waals surface area (Å²) in [6, 6.07) is 17.6. The molecule has 0 amide bonds. The Labute approximate surface area is 246 Å². The Morgan fingerprint density at radius 2 is 1.62 bits per heavy atom. The number of nitrogen functional groups attached to an aromatic ring is 1. The molecule has 0 bridgehead atoms. The van der Waals surface area contributed by atoms with Crippen molar-refractivity contribution in [2.24, 2.45) is 0 Å². The molecule has 0 saturated heterocycles. The molecule has 2 heterocycles. The molecule has 0 spiro atoms. The van der Waals surface area contributed by atoms with Crippen LogP contribution in [0.4, 0.5) is 5.69 Å². The van der Waals surface area contributed by atoms with Crippen molar-refractivity contribution in [2.45, 2.75) is 65.3 Å². The lowest BCUT2D eigenvalue weighted by molar-refractivity contribution is 0.167. The van der Waals surface area contributed by atoms with E-state index in [1.165, 1.54) is 4.57 Å². The van der Waals surface area contributed by atoms with Crippen molar-refractivity contribution < 1.29 is 5.11 Å². The number of hydrogen-bond acceptors (Lipinski definition) is 6. The average molecular weight is 592 g/mol. The van der Waals surface area contributed by atoms with Gasteiger partial charge in [-0.3, -0.25) is 13.9 Å². The second kappa shape index (κ2) is 15.6. The predicted octanol–water partition coefficient (Wildman–Crippen LogP) is 3.39. The molecule has 1 atom stereocenters. The number of nitrogens with one attached hydrogen (secondary N) is 1. The summed E-state index contributed by atoms with van der Waals surface area (Å²) in [6.45, 7) is 6.09. The van der Waals surface area contributed by atoms with Gasteiger partial charge in [0, 0.05) is 44.8 Å². The number of hydrogen-bond donors (Lipinski definition) is 3. The summed E-state index contributed by atoms with van der Waals surface area (Å²) < 4.78 is 4.89. The topological polar surface area (TPSA) is 120 Å². The van der Waals surface area contributed by atoms with E-state index in [4.69, 9.17) is 10.7 Å². The highest BCUT2D eigenvalue weighted by atomic mass is 35.5. The molecule has 0 radical (unpaired) electrons. The maximum Gasteiger partial charge on any atom is 0.332 e. The first-order chi connectivity index (χ1) is 18.4. The molecule has 2 aromatic heterocycles. The van der Waals surface area contributed by atoms with Crippen LogP contribution in [0.2, 0.25) is 0 Å². The molecule has 1 unspecified atom stereocenters. The number of aliphatic hydroxyl groups is 1. The first-order valence-electron chi connectivity index (χ1n) is 13.4.